The summed E-state index contributed by atoms with van der Waals surface area (Å²) in [5.74, 6) is -0.307. The Balaban J connectivity index is 2.29. The Bertz CT molecular complexity index is 321. The molecule has 2 rings (SSSR count). The molecule has 0 aromatic carbocycles. The molecule has 1 heterocycles. The largest absolute Gasteiger partial charge is 0.388 e. The van der Waals surface area contributed by atoms with Gasteiger partial charge in [0.1, 0.15) is 0 Å². The van der Waals surface area contributed by atoms with Gasteiger partial charge in [0.15, 0.2) is 0 Å². The number of aliphatic hydroxyl groups is 1. The summed E-state index contributed by atoms with van der Waals surface area (Å²) < 4.78 is 14.1. The van der Waals surface area contributed by atoms with Gasteiger partial charge in [-0.25, -0.2) is 4.98 Å². The van der Waals surface area contributed by atoms with Gasteiger partial charge in [-0.15, -0.1) is 0 Å². The first-order valence-electron chi connectivity index (χ1n) is 4.68. The van der Waals surface area contributed by atoms with Gasteiger partial charge in [0, 0.05) is 15.3 Å². The number of hydrogen-bond donors (Lipinski definition) is 1. The van der Waals surface area contributed by atoms with Crippen molar-refractivity contribution in [3.63, 3.8) is 0 Å². The average molecular weight is 307 g/mol. The monoisotopic (exact) mass is 307 g/mol. The Morgan fingerprint density at radius 1 is 1.57 bits per heavy atom. The van der Waals surface area contributed by atoms with Crippen molar-refractivity contribution >= 4 is 22.6 Å². The van der Waals surface area contributed by atoms with Crippen LogP contribution in [-0.2, 0) is 0 Å². The highest BCUT2D eigenvalue weighted by Crippen LogP contribution is 2.39. The van der Waals surface area contributed by atoms with Gasteiger partial charge in [-0.3, -0.25) is 0 Å². The van der Waals surface area contributed by atoms with E-state index in [1.165, 1.54) is 6.20 Å². The lowest BCUT2D eigenvalue weighted by atomic mass is 9.79. The Morgan fingerprint density at radius 3 is 2.79 bits per heavy atom. The molecule has 2 nitrogen and oxygen atoms in total. The molecule has 1 aromatic rings. The van der Waals surface area contributed by atoms with Gasteiger partial charge >= 0.3 is 0 Å². The zero-order valence-electron chi connectivity index (χ0n) is 7.58. The highest BCUT2D eigenvalue weighted by molar-refractivity contribution is 14.1. The van der Waals surface area contributed by atoms with Gasteiger partial charge in [-0.1, -0.05) is 6.42 Å². The van der Waals surface area contributed by atoms with Crippen molar-refractivity contribution in [1.82, 2.24) is 4.98 Å². The van der Waals surface area contributed by atoms with E-state index < -0.39 is 12.1 Å². The summed E-state index contributed by atoms with van der Waals surface area (Å²) in [5, 5.41) is 9.92. The molecule has 0 bridgehead atoms. The van der Waals surface area contributed by atoms with E-state index in [1.54, 1.807) is 6.07 Å². The first-order chi connectivity index (χ1) is 6.70. The number of nitrogens with zero attached hydrogens (tertiary/aromatic N) is 1. The van der Waals surface area contributed by atoms with E-state index in [9.17, 15) is 9.50 Å². The summed E-state index contributed by atoms with van der Waals surface area (Å²) in [6.45, 7) is 0. The maximum absolute atomic E-state index is 13.3. The Labute approximate surface area is 95.7 Å². The van der Waals surface area contributed by atoms with Crippen molar-refractivity contribution in [2.45, 2.75) is 25.4 Å². The molecule has 1 N–H and O–H groups in total. The van der Waals surface area contributed by atoms with Crippen molar-refractivity contribution in [2.24, 2.45) is 5.92 Å². The number of halogens is 2. The summed E-state index contributed by atoms with van der Waals surface area (Å²) in [5.41, 5.74) is 0.373. The van der Waals surface area contributed by atoms with Crippen molar-refractivity contribution in [2.75, 3.05) is 0 Å². The van der Waals surface area contributed by atoms with E-state index in [4.69, 9.17) is 0 Å². The fraction of sp³-hybridized carbons (Fsp3) is 0.500. The number of aromatic nitrogens is 1. The van der Waals surface area contributed by atoms with E-state index in [0.29, 0.717) is 5.56 Å². The number of rotatable bonds is 2. The summed E-state index contributed by atoms with van der Waals surface area (Å²) in [7, 11) is 0. The van der Waals surface area contributed by atoms with Crippen LogP contribution in [0.15, 0.2) is 12.3 Å². The molecule has 1 unspecified atom stereocenters. The lowest BCUT2D eigenvalue weighted by Gasteiger charge is -2.30. The van der Waals surface area contributed by atoms with Crippen molar-refractivity contribution in [3.8, 4) is 0 Å². The van der Waals surface area contributed by atoms with Crippen LogP contribution in [-0.4, -0.2) is 10.1 Å². The SMILES string of the molecule is OC(c1c(I)ccnc1F)C1CCC1. The van der Waals surface area contributed by atoms with Crippen LogP contribution in [0.5, 0.6) is 0 Å². The normalized spacial score (nSPS) is 19.1. The lowest BCUT2D eigenvalue weighted by molar-refractivity contribution is 0.0578. The zero-order valence-corrected chi connectivity index (χ0v) is 9.74. The maximum Gasteiger partial charge on any atom is 0.219 e. The molecular weight excluding hydrogens is 296 g/mol. The summed E-state index contributed by atoms with van der Waals surface area (Å²) in [6, 6.07) is 1.72. The summed E-state index contributed by atoms with van der Waals surface area (Å²) in [6.07, 6.45) is 3.87. The van der Waals surface area contributed by atoms with Crippen LogP contribution in [0.4, 0.5) is 4.39 Å². The molecule has 0 radical (unpaired) electrons. The van der Waals surface area contributed by atoms with Crippen LogP contribution in [0.1, 0.15) is 30.9 Å². The second-order valence-corrected chi connectivity index (χ2v) is 4.80. The van der Waals surface area contributed by atoms with Gasteiger partial charge in [-0.2, -0.15) is 4.39 Å². The molecule has 1 atom stereocenters. The summed E-state index contributed by atoms with van der Waals surface area (Å²) >= 11 is 2.04. The second kappa shape index (κ2) is 4.10. The minimum Gasteiger partial charge on any atom is -0.388 e. The van der Waals surface area contributed by atoms with E-state index >= 15 is 0 Å². The first-order valence-corrected chi connectivity index (χ1v) is 5.76. The third-order valence-corrected chi connectivity index (χ3v) is 3.72. The van der Waals surface area contributed by atoms with Gasteiger partial charge in [0.2, 0.25) is 5.95 Å². The van der Waals surface area contributed by atoms with Crippen LogP contribution in [0.25, 0.3) is 0 Å². The number of aliphatic hydroxyl groups excluding tert-OH is 1. The molecule has 1 saturated carbocycles. The predicted octanol–water partition coefficient (Wildman–Crippen LogP) is 2.66. The third kappa shape index (κ3) is 1.77. The highest BCUT2D eigenvalue weighted by Gasteiger charge is 2.30. The van der Waals surface area contributed by atoms with Crippen molar-refractivity contribution in [3.05, 3.63) is 27.3 Å². The number of hydrogen-bond acceptors (Lipinski definition) is 2. The van der Waals surface area contributed by atoms with Gasteiger partial charge in [0.25, 0.3) is 0 Å². The smallest absolute Gasteiger partial charge is 0.219 e. The van der Waals surface area contributed by atoms with E-state index in [2.05, 4.69) is 4.98 Å². The molecule has 76 valence electrons. The molecule has 0 spiro atoms. The molecule has 1 aromatic heterocycles. The Kier molecular flexibility index (Phi) is 3.02. The van der Waals surface area contributed by atoms with Gasteiger partial charge in [-0.05, 0) is 47.4 Å². The molecule has 0 saturated heterocycles. The van der Waals surface area contributed by atoms with Crippen LogP contribution < -0.4 is 0 Å². The van der Waals surface area contributed by atoms with Crippen LogP contribution in [0.3, 0.4) is 0 Å². The lowest BCUT2D eigenvalue weighted by Crippen LogP contribution is -2.22. The Morgan fingerprint density at radius 2 is 2.29 bits per heavy atom. The van der Waals surface area contributed by atoms with Gasteiger partial charge < -0.3 is 5.11 Å². The third-order valence-electron chi connectivity index (χ3n) is 2.78. The molecule has 1 fully saturated rings. The quantitative estimate of drug-likeness (QED) is 0.673. The molecule has 14 heavy (non-hydrogen) atoms. The fourth-order valence-corrected chi connectivity index (χ4v) is 2.38. The van der Waals surface area contributed by atoms with Gasteiger partial charge in [0.05, 0.1) is 6.10 Å². The molecule has 4 heteroatoms. The summed E-state index contributed by atoms with van der Waals surface area (Å²) in [4.78, 5) is 3.57. The zero-order chi connectivity index (χ0) is 10.1. The predicted molar refractivity (Wildman–Crippen MR) is 59.2 cm³/mol. The topological polar surface area (TPSA) is 33.1 Å². The van der Waals surface area contributed by atoms with Crippen molar-refractivity contribution in [1.29, 1.82) is 0 Å². The highest BCUT2D eigenvalue weighted by atomic mass is 127. The number of pyridine rings is 1. The maximum atomic E-state index is 13.3. The Hall–Kier alpha value is -0.230. The fourth-order valence-electron chi connectivity index (χ4n) is 1.68. The van der Waals surface area contributed by atoms with Crippen LogP contribution >= 0.6 is 22.6 Å². The molecule has 0 aliphatic heterocycles. The van der Waals surface area contributed by atoms with E-state index in [1.807, 2.05) is 22.6 Å². The van der Waals surface area contributed by atoms with E-state index in [-0.39, 0.29) is 5.92 Å². The van der Waals surface area contributed by atoms with Crippen molar-refractivity contribution < 1.29 is 9.50 Å². The average Bonchev–Trinajstić information content (AvgIpc) is 2.00. The van der Waals surface area contributed by atoms with Crippen LogP contribution in [0, 0.1) is 15.4 Å². The first kappa shape index (κ1) is 10.3. The van der Waals surface area contributed by atoms with Crippen LogP contribution in [0.2, 0.25) is 0 Å². The minimum absolute atomic E-state index is 0.224. The molecular formula is C10H11FINO. The second-order valence-electron chi connectivity index (χ2n) is 3.63. The molecule has 0 amide bonds. The molecule has 1 aliphatic carbocycles. The minimum atomic E-state index is -0.677. The molecule has 1 aliphatic rings. The standard InChI is InChI=1S/C10H11FINO/c11-10-8(7(12)4-5-13-10)9(14)6-2-1-3-6/h4-6,9,14H,1-3H2. The van der Waals surface area contributed by atoms with E-state index in [0.717, 1.165) is 22.8 Å².